The maximum absolute atomic E-state index is 10.0. The summed E-state index contributed by atoms with van der Waals surface area (Å²) < 4.78 is 0. The third-order valence-electron chi connectivity index (χ3n) is 4.99. The number of aromatic hydroxyl groups is 1. The molecule has 0 aromatic heterocycles. The number of hydrogen-bond donors (Lipinski definition) is 2. The standard InChI is InChI=1S/C15H21NO/c16-10-11-6-7-12-13(4-3-5-14(12)17)15(11)8-1-2-9-15/h3-5,11,17H,1-2,6-10,16H2. The molecule has 0 bridgehead atoms. The number of rotatable bonds is 1. The second-order valence-electron chi connectivity index (χ2n) is 5.64. The second kappa shape index (κ2) is 4.02. The lowest BCUT2D eigenvalue weighted by Gasteiger charge is -2.43. The molecular weight excluding hydrogens is 210 g/mol. The fraction of sp³-hybridized carbons (Fsp3) is 0.600. The first kappa shape index (κ1) is 11.1. The third kappa shape index (κ3) is 1.50. The first-order chi connectivity index (χ1) is 8.28. The molecule has 1 fully saturated rings. The topological polar surface area (TPSA) is 46.2 Å². The highest BCUT2D eigenvalue weighted by molar-refractivity contribution is 5.46. The van der Waals surface area contributed by atoms with Crippen molar-refractivity contribution in [1.82, 2.24) is 0 Å². The lowest BCUT2D eigenvalue weighted by molar-refractivity contribution is 0.241. The largest absolute Gasteiger partial charge is 0.508 e. The van der Waals surface area contributed by atoms with Crippen molar-refractivity contribution in [2.45, 2.75) is 43.9 Å². The van der Waals surface area contributed by atoms with Crippen molar-refractivity contribution >= 4 is 0 Å². The van der Waals surface area contributed by atoms with Gasteiger partial charge in [-0.1, -0.05) is 25.0 Å². The summed E-state index contributed by atoms with van der Waals surface area (Å²) in [6.45, 7) is 0.787. The molecule has 1 saturated carbocycles. The van der Waals surface area contributed by atoms with Crippen LogP contribution in [0.3, 0.4) is 0 Å². The first-order valence-electron chi connectivity index (χ1n) is 6.79. The van der Waals surface area contributed by atoms with Crippen LogP contribution in [0.2, 0.25) is 0 Å². The van der Waals surface area contributed by atoms with E-state index < -0.39 is 0 Å². The predicted molar refractivity (Wildman–Crippen MR) is 69.1 cm³/mol. The van der Waals surface area contributed by atoms with Crippen molar-refractivity contribution in [2.75, 3.05) is 6.54 Å². The summed E-state index contributed by atoms with van der Waals surface area (Å²) in [5.74, 6) is 1.10. The molecule has 2 aliphatic rings. The van der Waals surface area contributed by atoms with E-state index in [0.717, 1.165) is 19.4 Å². The van der Waals surface area contributed by atoms with Gasteiger partial charge in [0.15, 0.2) is 0 Å². The first-order valence-corrected chi connectivity index (χ1v) is 6.79. The zero-order chi connectivity index (χ0) is 11.9. The molecule has 2 nitrogen and oxygen atoms in total. The van der Waals surface area contributed by atoms with Gasteiger partial charge in [-0.3, -0.25) is 0 Å². The van der Waals surface area contributed by atoms with Crippen molar-refractivity contribution < 1.29 is 5.11 Å². The van der Waals surface area contributed by atoms with Gasteiger partial charge in [0.1, 0.15) is 5.75 Å². The Hall–Kier alpha value is -1.02. The van der Waals surface area contributed by atoms with E-state index in [9.17, 15) is 5.11 Å². The van der Waals surface area contributed by atoms with Crippen LogP contribution in [0.25, 0.3) is 0 Å². The van der Waals surface area contributed by atoms with Gasteiger partial charge in [0, 0.05) is 0 Å². The summed E-state index contributed by atoms with van der Waals surface area (Å²) in [4.78, 5) is 0. The summed E-state index contributed by atoms with van der Waals surface area (Å²) >= 11 is 0. The SMILES string of the molecule is NCC1CCc2c(O)cccc2C12CCCC2. The van der Waals surface area contributed by atoms with Gasteiger partial charge in [0.2, 0.25) is 0 Å². The molecule has 0 radical (unpaired) electrons. The van der Waals surface area contributed by atoms with Crippen LogP contribution in [0, 0.1) is 5.92 Å². The minimum absolute atomic E-state index is 0.279. The Labute approximate surface area is 103 Å². The maximum Gasteiger partial charge on any atom is 0.119 e. The molecule has 1 aromatic carbocycles. The van der Waals surface area contributed by atoms with Crippen molar-refractivity contribution in [3.8, 4) is 5.75 Å². The van der Waals surface area contributed by atoms with Gasteiger partial charge >= 0.3 is 0 Å². The lowest BCUT2D eigenvalue weighted by Crippen LogP contribution is -2.41. The molecule has 3 rings (SSSR count). The molecule has 0 aliphatic heterocycles. The smallest absolute Gasteiger partial charge is 0.119 e. The average molecular weight is 231 g/mol. The minimum atomic E-state index is 0.279. The fourth-order valence-electron chi connectivity index (χ4n) is 4.15. The van der Waals surface area contributed by atoms with Gasteiger partial charge in [-0.15, -0.1) is 0 Å². The van der Waals surface area contributed by atoms with E-state index in [1.54, 1.807) is 0 Å². The van der Waals surface area contributed by atoms with Crippen LogP contribution in [0.15, 0.2) is 18.2 Å². The molecule has 0 amide bonds. The quantitative estimate of drug-likeness (QED) is 0.780. The van der Waals surface area contributed by atoms with Gasteiger partial charge in [-0.05, 0) is 60.8 Å². The Morgan fingerprint density at radius 2 is 2.06 bits per heavy atom. The molecule has 1 atom stereocenters. The number of benzene rings is 1. The zero-order valence-electron chi connectivity index (χ0n) is 10.3. The Morgan fingerprint density at radius 1 is 1.29 bits per heavy atom. The van der Waals surface area contributed by atoms with E-state index in [1.807, 2.05) is 12.1 Å². The molecule has 2 heteroatoms. The molecule has 0 saturated heterocycles. The van der Waals surface area contributed by atoms with Crippen LogP contribution < -0.4 is 5.73 Å². The van der Waals surface area contributed by atoms with Gasteiger partial charge < -0.3 is 10.8 Å². The van der Waals surface area contributed by atoms with E-state index in [2.05, 4.69) is 6.07 Å². The van der Waals surface area contributed by atoms with Crippen LogP contribution in [-0.2, 0) is 11.8 Å². The summed E-state index contributed by atoms with van der Waals surface area (Å²) in [7, 11) is 0. The molecule has 3 N–H and O–H groups in total. The summed E-state index contributed by atoms with van der Waals surface area (Å²) in [5.41, 5.74) is 8.86. The molecule has 17 heavy (non-hydrogen) atoms. The molecule has 1 unspecified atom stereocenters. The second-order valence-corrected chi connectivity index (χ2v) is 5.64. The molecule has 1 aromatic rings. The zero-order valence-corrected chi connectivity index (χ0v) is 10.3. The van der Waals surface area contributed by atoms with E-state index in [1.165, 1.54) is 36.8 Å². The van der Waals surface area contributed by atoms with E-state index in [0.29, 0.717) is 11.7 Å². The van der Waals surface area contributed by atoms with Crippen LogP contribution in [0.1, 0.15) is 43.2 Å². The number of fused-ring (bicyclic) bond motifs is 2. The Bertz CT molecular complexity index is 421. The van der Waals surface area contributed by atoms with Crippen molar-refractivity contribution in [2.24, 2.45) is 11.7 Å². The average Bonchev–Trinajstić information content (AvgIpc) is 2.81. The van der Waals surface area contributed by atoms with Crippen molar-refractivity contribution in [1.29, 1.82) is 0 Å². The van der Waals surface area contributed by atoms with Crippen LogP contribution >= 0.6 is 0 Å². The van der Waals surface area contributed by atoms with Crippen molar-refractivity contribution in [3.05, 3.63) is 29.3 Å². The molecule has 2 aliphatic carbocycles. The number of phenols is 1. The third-order valence-corrected chi connectivity index (χ3v) is 4.99. The van der Waals surface area contributed by atoms with E-state index >= 15 is 0 Å². The fourth-order valence-corrected chi connectivity index (χ4v) is 4.15. The van der Waals surface area contributed by atoms with E-state index in [4.69, 9.17) is 5.73 Å². The molecule has 0 heterocycles. The Kier molecular flexibility index (Phi) is 2.62. The lowest BCUT2D eigenvalue weighted by atomic mass is 9.62. The monoisotopic (exact) mass is 231 g/mol. The Morgan fingerprint density at radius 3 is 2.76 bits per heavy atom. The van der Waals surface area contributed by atoms with Gasteiger partial charge in [0.05, 0.1) is 0 Å². The van der Waals surface area contributed by atoms with Gasteiger partial charge in [-0.25, -0.2) is 0 Å². The van der Waals surface area contributed by atoms with E-state index in [-0.39, 0.29) is 5.41 Å². The highest BCUT2D eigenvalue weighted by Crippen LogP contribution is 2.52. The van der Waals surface area contributed by atoms with Gasteiger partial charge in [0.25, 0.3) is 0 Å². The van der Waals surface area contributed by atoms with Crippen molar-refractivity contribution in [3.63, 3.8) is 0 Å². The summed E-state index contributed by atoms with van der Waals surface area (Å²) in [6, 6.07) is 6.04. The molecule has 92 valence electrons. The Balaban J connectivity index is 2.14. The number of phenolic OH excluding ortho intramolecular Hbond substituents is 1. The van der Waals surface area contributed by atoms with Crippen LogP contribution in [-0.4, -0.2) is 11.7 Å². The molecular formula is C15H21NO. The highest BCUT2D eigenvalue weighted by Gasteiger charge is 2.45. The number of hydrogen-bond acceptors (Lipinski definition) is 2. The highest BCUT2D eigenvalue weighted by atomic mass is 16.3. The van der Waals surface area contributed by atoms with Gasteiger partial charge in [-0.2, -0.15) is 0 Å². The summed E-state index contributed by atoms with van der Waals surface area (Å²) in [6.07, 6.45) is 7.26. The minimum Gasteiger partial charge on any atom is -0.508 e. The summed E-state index contributed by atoms with van der Waals surface area (Å²) in [5, 5.41) is 10.0. The maximum atomic E-state index is 10.0. The van der Waals surface area contributed by atoms with Crippen LogP contribution in [0.5, 0.6) is 5.75 Å². The number of nitrogens with two attached hydrogens (primary N) is 1. The van der Waals surface area contributed by atoms with Crippen LogP contribution in [0.4, 0.5) is 0 Å². The normalized spacial score (nSPS) is 26.1. The predicted octanol–water partition coefficient (Wildman–Crippen LogP) is 2.73. The molecule has 1 spiro atoms.